The van der Waals surface area contributed by atoms with Crippen LogP contribution in [0.15, 0.2) is 12.1 Å². The molecular weight excluding hydrogens is 222 g/mol. The van der Waals surface area contributed by atoms with Gasteiger partial charge in [-0.05, 0) is 36.0 Å². The van der Waals surface area contributed by atoms with Crippen LogP contribution in [0.4, 0.5) is 0 Å². The van der Waals surface area contributed by atoms with E-state index < -0.39 is 0 Å². The van der Waals surface area contributed by atoms with Gasteiger partial charge in [-0.2, -0.15) is 0 Å². The van der Waals surface area contributed by atoms with Crippen molar-refractivity contribution in [3.8, 4) is 0 Å². The molecule has 0 saturated carbocycles. The largest absolute Gasteiger partial charge is 0.330 e. The zero-order chi connectivity index (χ0) is 14.1. The highest BCUT2D eigenvalue weighted by molar-refractivity contribution is 6.00. The minimum atomic E-state index is -0.108. The zero-order valence-corrected chi connectivity index (χ0v) is 12.4. The zero-order valence-electron chi connectivity index (χ0n) is 12.4. The second-order valence-corrected chi connectivity index (χ2v) is 6.24. The van der Waals surface area contributed by atoms with Crippen molar-refractivity contribution in [2.45, 2.75) is 47.0 Å². The summed E-state index contributed by atoms with van der Waals surface area (Å²) in [6.07, 6.45) is 0. The second kappa shape index (κ2) is 5.23. The standard InChI is InChI=1S/C16H25NO/c1-10-7-13(16(4,5)6)8-11(2)14(10)15(18)12(3)9-17/h7-8,12H,9,17H2,1-6H3. The van der Waals surface area contributed by atoms with E-state index in [1.807, 2.05) is 20.8 Å². The Bertz CT molecular complexity index is 432. The molecule has 1 aromatic carbocycles. The van der Waals surface area contributed by atoms with Crippen LogP contribution in [0.2, 0.25) is 0 Å². The van der Waals surface area contributed by atoms with Crippen molar-refractivity contribution in [2.24, 2.45) is 11.7 Å². The molecule has 0 fully saturated rings. The Morgan fingerprint density at radius 3 is 2.00 bits per heavy atom. The molecule has 0 spiro atoms. The van der Waals surface area contributed by atoms with Crippen LogP contribution < -0.4 is 5.73 Å². The first-order chi connectivity index (χ1) is 8.18. The highest BCUT2D eigenvalue weighted by Gasteiger charge is 2.21. The van der Waals surface area contributed by atoms with E-state index >= 15 is 0 Å². The molecule has 18 heavy (non-hydrogen) atoms. The summed E-state index contributed by atoms with van der Waals surface area (Å²) < 4.78 is 0. The molecule has 2 nitrogen and oxygen atoms in total. The van der Waals surface area contributed by atoms with Crippen molar-refractivity contribution >= 4 is 5.78 Å². The van der Waals surface area contributed by atoms with Gasteiger partial charge in [0.1, 0.15) is 0 Å². The fraction of sp³-hybridized carbons (Fsp3) is 0.562. The lowest BCUT2D eigenvalue weighted by molar-refractivity contribution is 0.0933. The predicted octanol–water partition coefficient (Wildman–Crippen LogP) is 3.38. The van der Waals surface area contributed by atoms with Crippen molar-refractivity contribution < 1.29 is 4.79 Å². The number of ketones is 1. The van der Waals surface area contributed by atoms with E-state index in [1.54, 1.807) is 0 Å². The molecule has 0 aliphatic rings. The Hall–Kier alpha value is -1.15. The second-order valence-electron chi connectivity index (χ2n) is 6.24. The summed E-state index contributed by atoms with van der Waals surface area (Å²) in [4.78, 5) is 12.3. The number of rotatable bonds is 3. The number of hydrogen-bond acceptors (Lipinski definition) is 2. The van der Waals surface area contributed by atoms with Gasteiger partial charge in [0.05, 0.1) is 0 Å². The van der Waals surface area contributed by atoms with Crippen molar-refractivity contribution in [3.05, 3.63) is 34.4 Å². The lowest BCUT2D eigenvalue weighted by atomic mass is 9.82. The molecule has 0 aliphatic heterocycles. The number of carbonyl (C=O) groups excluding carboxylic acids is 1. The summed E-state index contributed by atoms with van der Waals surface area (Å²) in [7, 11) is 0. The average Bonchev–Trinajstić information content (AvgIpc) is 2.25. The van der Waals surface area contributed by atoms with E-state index in [-0.39, 0.29) is 17.1 Å². The van der Waals surface area contributed by atoms with Crippen LogP contribution in [0.25, 0.3) is 0 Å². The SMILES string of the molecule is Cc1cc(C(C)(C)C)cc(C)c1C(=O)C(C)CN. The molecule has 2 heteroatoms. The molecule has 100 valence electrons. The van der Waals surface area contributed by atoms with Gasteiger partial charge in [0.2, 0.25) is 0 Å². The lowest BCUT2D eigenvalue weighted by Gasteiger charge is -2.22. The Morgan fingerprint density at radius 1 is 1.22 bits per heavy atom. The monoisotopic (exact) mass is 247 g/mol. The first kappa shape index (κ1) is 14.9. The Balaban J connectivity index is 3.30. The van der Waals surface area contributed by atoms with Gasteiger partial charge in [-0.3, -0.25) is 4.79 Å². The van der Waals surface area contributed by atoms with E-state index in [0.29, 0.717) is 6.54 Å². The molecule has 0 radical (unpaired) electrons. The molecular formula is C16H25NO. The lowest BCUT2D eigenvalue weighted by Crippen LogP contribution is -2.23. The number of Topliss-reactive ketones (excluding diaryl/α,β-unsaturated/α-hetero) is 1. The van der Waals surface area contributed by atoms with Crippen LogP contribution >= 0.6 is 0 Å². The third-order valence-corrected chi connectivity index (χ3v) is 3.45. The van der Waals surface area contributed by atoms with Gasteiger partial charge in [-0.1, -0.05) is 39.8 Å². The topological polar surface area (TPSA) is 43.1 Å². The van der Waals surface area contributed by atoms with Gasteiger partial charge in [-0.25, -0.2) is 0 Å². The summed E-state index contributed by atoms with van der Waals surface area (Å²) in [6, 6.07) is 4.26. The number of hydrogen-bond donors (Lipinski definition) is 1. The fourth-order valence-corrected chi connectivity index (χ4v) is 2.14. The molecule has 1 aromatic rings. The van der Waals surface area contributed by atoms with Crippen LogP contribution in [-0.2, 0) is 5.41 Å². The third-order valence-electron chi connectivity index (χ3n) is 3.45. The summed E-state index contributed by atoms with van der Waals surface area (Å²) in [5.74, 6) is 0.0517. The normalized spacial score (nSPS) is 13.5. The van der Waals surface area contributed by atoms with Crippen LogP contribution in [0.5, 0.6) is 0 Å². The van der Waals surface area contributed by atoms with Crippen LogP contribution in [-0.4, -0.2) is 12.3 Å². The molecule has 0 aromatic heterocycles. The van der Waals surface area contributed by atoms with E-state index in [0.717, 1.165) is 16.7 Å². The van der Waals surface area contributed by atoms with Gasteiger partial charge in [0.15, 0.2) is 5.78 Å². The minimum Gasteiger partial charge on any atom is -0.330 e. The van der Waals surface area contributed by atoms with Crippen molar-refractivity contribution in [2.75, 3.05) is 6.54 Å². The molecule has 0 aliphatic carbocycles. The first-order valence-electron chi connectivity index (χ1n) is 6.54. The summed E-state index contributed by atoms with van der Waals surface area (Å²) >= 11 is 0. The van der Waals surface area contributed by atoms with E-state index in [4.69, 9.17) is 5.73 Å². The number of carbonyl (C=O) groups is 1. The number of aryl methyl sites for hydroxylation is 2. The molecule has 2 N–H and O–H groups in total. The average molecular weight is 247 g/mol. The minimum absolute atomic E-state index is 0.108. The van der Waals surface area contributed by atoms with E-state index in [2.05, 4.69) is 32.9 Å². The van der Waals surface area contributed by atoms with Gasteiger partial charge in [-0.15, -0.1) is 0 Å². The molecule has 1 rings (SSSR count). The summed E-state index contributed by atoms with van der Waals surface area (Å²) in [5, 5.41) is 0. The van der Waals surface area contributed by atoms with Crippen LogP contribution in [0, 0.1) is 19.8 Å². The summed E-state index contributed by atoms with van der Waals surface area (Å²) in [5.41, 5.74) is 9.94. The Labute approximate surface area is 111 Å². The molecule has 1 unspecified atom stereocenters. The smallest absolute Gasteiger partial charge is 0.167 e. The molecule has 1 atom stereocenters. The van der Waals surface area contributed by atoms with Crippen molar-refractivity contribution in [1.82, 2.24) is 0 Å². The highest BCUT2D eigenvalue weighted by atomic mass is 16.1. The third kappa shape index (κ3) is 2.99. The van der Waals surface area contributed by atoms with Gasteiger partial charge in [0, 0.05) is 18.0 Å². The number of nitrogens with two attached hydrogens (primary N) is 1. The van der Waals surface area contributed by atoms with Crippen LogP contribution in [0.3, 0.4) is 0 Å². The molecule has 0 heterocycles. The number of benzene rings is 1. The highest BCUT2D eigenvalue weighted by Crippen LogP contribution is 2.28. The fourth-order valence-electron chi connectivity index (χ4n) is 2.14. The molecule has 0 saturated heterocycles. The summed E-state index contributed by atoms with van der Waals surface area (Å²) in [6.45, 7) is 12.9. The predicted molar refractivity (Wildman–Crippen MR) is 77.2 cm³/mol. The molecule has 0 amide bonds. The maximum absolute atomic E-state index is 12.3. The van der Waals surface area contributed by atoms with E-state index in [9.17, 15) is 4.79 Å². The quantitative estimate of drug-likeness (QED) is 0.832. The van der Waals surface area contributed by atoms with Gasteiger partial charge < -0.3 is 5.73 Å². The van der Waals surface area contributed by atoms with Gasteiger partial charge >= 0.3 is 0 Å². The Morgan fingerprint density at radius 2 is 1.67 bits per heavy atom. The van der Waals surface area contributed by atoms with Crippen molar-refractivity contribution in [1.29, 1.82) is 0 Å². The Kier molecular flexibility index (Phi) is 4.33. The van der Waals surface area contributed by atoms with Crippen LogP contribution in [0.1, 0.15) is 54.7 Å². The maximum Gasteiger partial charge on any atom is 0.167 e. The molecule has 0 bridgehead atoms. The van der Waals surface area contributed by atoms with E-state index in [1.165, 1.54) is 5.56 Å². The van der Waals surface area contributed by atoms with Crippen molar-refractivity contribution in [3.63, 3.8) is 0 Å². The maximum atomic E-state index is 12.3. The first-order valence-corrected chi connectivity index (χ1v) is 6.54. The van der Waals surface area contributed by atoms with Gasteiger partial charge in [0.25, 0.3) is 0 Å².